The average Bonchev–Trinajstić information content (AvgIpc) is 2.54. The lowest BCUT2D eigenvalue weighted by Crippen LogP contribution is -2.48. The van der Waals surface area contributed by atoms with Crippen molar-refractivity contribution >= 4 is 5.91 Å². The molecular weight excluding hydrogens is 170 g/mol. The van der Waals surface area contributed by atoms with E-state index in [1.54, 1.807) is 4.90 Å². The maximum absolute atomic E-state index is 11.1. The fraction of sp³-hybridized carbons (Fsp3) is 0.375. The van der Waals surface area contributed by atoms with Crippen molar-refractivity contribution in [3.63, 3.8) is 0 Å². The second-order valence-corrected chi connectivity index (χ2v) is 2.93. The van der Waals surface area contributed by atoms with Crippen LogP contribution in [0.3, 0.4) is 0 Å². The molecule has 0 aliphatic carbocycles. The summed E-state index contributed by atoms with van der Waals surface area (Å²) in [5, 5.41) is 3.71. The molecule has 0 unspecified atom stereocenters. The fourth-order valence-electron chi connectivity index (χ4n) is 1.31. The first-order chi connectivity index (χ1) is 6.31. The number of rotatable bonds is 2. The van der Waals surface area contributed by atoms with Crippen LogP contribution in [0.1, 0.15) is 11.7 Å². The monoisotopic (exact) mass is 179 g/mol. The van der Waals surface area contributed by atoms with E-state index in [1.165, 1.54) is 12.5 Å². The summed E-state index contributed by atoms with van der Waals surface area (Å²) in [4.78, 5) is 16.7. The van der Waals surface area contributed by atoms with E-state index in [0.29, 0.717) is 18.9 Å². The Morgan fingerprint density at radius 2 is 2.54 bits per heavy atom. The minimum Gasteiger partial charge on any atom is -0.343 e. The second-order valence-electron chi connectivity index (χ2n) is 2.93. The molecule has 0 radical (unpaired) electrons. The Hall–Kier alpha value is -1.65. The first-order valence-corrected chi connectivity index (χ1v) is 3.99. The molecule has 0 N–H and O–H groups in total. The van der Waals surface area contributed by atoms with E-state index in [2.05, 4.69) is 21.2 Å². The summed E-state index contributed by atoms with van der Waals surface area (Å²) in [5.74, 6) is 0.857. The number of carbonyl (C=O) groups is 1. The minimum atomic E-state index is -0.0419. The van der Waals surface area contributed by atoms with Crippen molar-refractivity contribution in [3.8, 4) is 0 Å². The third-order valence-corrected chi connectivity index (χ3v) is 2.11. The minimum absolute atomic E-state index is 0.0419. The summed E-state index contributed by atoms with van der Waals surface area (Å²) < 4.78 is 4.61. The quantitative estimate of drug-likeness (QED) is 0.608. The van der Waals surface area contributed by atoms with Crippen LogP contribution in [0.2, 0.25) is 0 Å². The van der Waals surface area contributed by atoms with Crippen molar-refractivity contribution < 1.29 is 9.32 Å². The summed E-state index contributed by atoms with van der Waals surface area (Å²) in [7, 11) is 0. The van der Waals surface area contributed by atoms with E-state index in [1.807, 2.05) is 0 Å². The molecule has 0 aromatic carbocycles. The van der Waals surface area contributed by atoms with Gasteiger partial charge in [-0.3, -0.25) is 4.79 Å². The molecule has 1 aliphatic rings. The molecule has 0 saturated carbocycles. The van der Waals surface area contributed by atoms with Gasteiger partial charge in [0, 0.05) is 13.1 Å². The van der Waals surface area contributed by atoms with Crippen molar-refractivity contribution in [3.05, 3.63) is 24.9 Å². The van der Waals surface area contributed by atoms with Crippen LogP contribution in [0.5, 0.6) is 0 Å². The van der Waals surface area contributed by atoms with Gasteiger partial charge in [0.15, 0.2) is 5.82 Å². The highest BCUT2D eigenvalue weighted by atomic mass is 16.5. The highest BCUT2D eigenvalue weighted by molar-refractivity contribution is 5.87. The topological polar surface area (TPSA) is 59.2 Å². The van der Waals surface area contributed by atoms with Crippen molar-refractivity contribution in [2.75, 3.05) is 13.1 Å². The van der Waals surface area contributed by atoms with Gasteiger partial charge in [0.25, 0.3) is 0 Å². The third-order valence-electron chi connectivity index (χ3n) is 2.11. The molecule has 1 amide bonds. The zero-order chi connectivity index (χ0) is 9.26. The van der Waals surface area contributed by atoms with Gasteiger partial charge < -0.3 is 9.42 Å². The number of hydrogen-bond donors (Lipinski definition) is 0. The first kappa shape index (κ1) is 7.97. The summed E-state index contributed by atoms with van der Waals surface area (Å²) in [5.41, 5.74) is 0. The summed E-state index contributed by atoms with van der Waals surface area (Å²) in [6.07, 6.45) is 2.61. The molecule has 1 saturated heterocycles. The molecule has 5 heteroatoms. The zero-order valence-electron chi connectivity index (χ0n) is 7.01. The molecule has 0 spiro atoms. The van der Waals surface area contributed by atoms with Gasteiger partial charge in [0.2, 0.25) is 12.3 Å². The lowest BCUT2D eigenvalue weighted by atomic mass is 9.99. The van der Waals surface area contributed by atoms with Crippen molar-refractivity contribution in [2.24, 2.45) is 0 Å². The van der Waals surface area contributed by atoms with Gasteiger partial charge in [-0.15, -0.1) is 0 Å². The highest BCUT2D eigenvalue weighted by Crippen LogP contribution is 2.23. The highest BCUT2D eigenvalue weighted by Gasteiger charge is 2.33. The maximum atomic E-state index is 11.1. The van der Waals surface area contributed by atoms with E-state index in [-0.39, 0.29) is 11.8 Å². The van der Waals surface area contributed by atoms with Crippen LogP contribution in [0, 0.1) is 0 Å². The zero-order valence-corrected chi connectivity index (χ0v) is 7.01. The third kappa shape index (κ3) is 1.32. The van der Waals surface area contributed by atoms with Crippen LogP contribution in [0.4, 0.5) is 0 Å². The number of amides is 1. The van der Waals surface area contributed by atoms with Crippen LogP contribution in [-0.4, -0.2) is 34.0 Å². The maximum Gasteiger partial charge on any atom is 0.246 e. The van der Waals surface area contributed by atoms with Gasteiger partial charge in [0.1, 0.15) is 0 Å². The van der Waals surface area contributed by atoms with E-state index < -0.39 is 0 Å². The molecule has 5 nitrogen and oxygen atoms in total. The molecule has 2 heterocycles. The average molecular weight is 179 g/mol. The standard InChI is InChI=1S/C8H9N3O2/c1-2-7(12)11-3-6(4-11)8-9-5-13-10-8/h2,5-6H,1,3-4H2. The van der Waals surface area contributed by atoms with Crippen molar-refractivity contribution in [1.82, 2.24) is 15.0 Å². The number of hydrogen-bond acceptors (Lipinski definition) is 4. The second kappa shape index (κ2) is 3.01. The molecule has 0 atom stereocenters. The van der Waals surface area contributed by atoms with Crippen molar-refractivity contribution in [1.29, 1.82) is 0 Å². The summed E-state index contributed by atoms with van der Waals surface area (Å²) >= 11 is 0. The molecule has 1 aliphatic heterocycles. The van der Waals surface area contributed by atoms with E-state index >= 15 is 0 Å². The molecule has 2 rings (SSSR count). The lowest BCUT2D eigenvalue weighted by Gasteiger charge is -2.36. The Balaban J connectivity index is 1.92. The number of nitrogens with zero attached hydrogens (tertiary/aromatic N) is 3. The Labute approximate surface area is 75.0 Å². The number of likely N-dealkylation sites (tertiary alicyclic amines) is 1. The van der Waals surface area contributed by atoms with Crippen LogP contribution >= 0.6 is 0 Å². The Kier molecular flexibility index (Phi) is 1.84. The van der Waals surface area contributed by atoms with Gasteiger partial charge in [-0.25, -0.2) is 0 Å². The van der Waals surface area contributed by atoms with Crippen LogP contribution < -0.4 is 0 Å². The summed E-state index contributed by atoms with van der Waals surface area (Å²) in [6.45, 7) is 4.72. The number of carbonyl (C=O) groups excluding carboxylic acids is 1. The Morgan fingerprint density at radius 1 is 1.77 bits per heavy atom. The smallest absolute Gasteiger partial charge is 0.246 e. The van der Waals surface area contributed by atoms with Gasteiger partial charge in [0.05, 0.1) is 5.92 Å². The molecule has 1 fully saturated rings. The normalized spacial score (nSPS) is 16.8. The Morgan fingerprint density at radius 3 is 3.08 bits per heavy atom. The van der Waals surface area contributed by atoms with E-state index in [9.17, 15) is 4.79 Å². The fourth-order valence-corrected chi connectivity index (χ4v) is 1.31. The van der Waals surface area contributed by atoms with Crippen LogP contribution in [0.15, 0.2) is 23.6 Å². The molecule has 68 valence electrons. The predicted octanol–water partition coefficient (Wildman–Crippen LogP) is 0.181. The van der Waals surface area contributed by atoms with Crippen LogP contribution in [-0.2, 0) is 4.79 Å². The molecule has 1 aromatic rings. The predicted molar refractivity (Wildman–Crippen MR) is 43.8 cm³/mol. The van der Waals surface area contributed by atoms with Gasteiger partial charge in [-0.05, 0) is 6.08 Å². The summed E-state index contributed by atoms with van der Waals surface area (Å²) in [6, 6.07) is 0. The van der Waals surface area contributed by atoms with Gasteiger partial charge in [-0.2, -0.15) is 4.98 Å². The molecule has 13 heavy (non-hydrogen) atoms. The van der Waals surface area contributed by atoms with Crippen LogP contribution in [0.25, 0.3) is 0 Å². The van der Waals surface area contributed by atoms with Gasteiger partial charge in [-0.1, -0.05) is 11.7 Å². The number of aromatic nitrogens is 2. The van der Waals surface area contributed by atoms with Crippen molar-refractivity contribution in [2.45, 2.75) is 5.92 Å². The molecule has 1 aromatic heterocycles. The van der Waals surface area contributed by atoms with Gasteiger partial charge >= 0.3 is 0 Å². The van der Waals surface area contributed by atoms with E-state index in [4.69, 9.17) is 0 Å². The lowest BCUT2D eigenvalue weighted by molar-refractivity contribution is -0.130. The first-order valence-electron chi connectivity index (χ1n) is 3.99. The largest absolute Gasteiger partial charge is 0.343 e. The SMILES string of the molecule is C=CC(=O)N1CC(c2ncon2)C1. The molecular formula is C8H9N3O2. The molecule has 0 bridgehead atoms. The van der Waals surface area contributed by atoms with E-state index in [0.717, 1.165) is 0 Å². The Bertz CT molecular complexity index is 314.